The quantitative estimate of drug-likeness (QED) is 0.910. The Morgan fingerprint density at radius 1 is 1.35 bits per heavy atom. The highest BCUT2D eigenvalue weighted by Gasteiger charge is 2.07. The molecule has 1 aromatic carbocycles. The average Bonchev–Trinajstić information content (AvgIpc) is 2.63. The van der Waals surface area contributed by atoms with Crippen molar-refractivity contribution in [1.29, 1.82) is 0 Å². The molecule has 0 saturated heterocycles. The highest BCUT2D eigenvalue weighted by molar-refractivity contribution is 6.31. The molecule has 0 aliphatic rings. The largest absolute Gasteiger partial charge is 0.392 e. The SMILES string of the molecule is Cc1cnc(C)n1Cc1ccc(CO)cc1Cl. The molecule has 0 aliphatic heterocycles. The number of benzene rings is 1. The zero-order valence-corrected chi connectivity index (χ0v) is 10.7. The lowest BCUT2D eigenvalue weighted by Crippen LogP contribution is -2.04. The lowest BCUT2D eigenvalue weighted by molar-refractivity contribution is 0.282. The van der Waals surface area contributed by atoms with Crippen LogP contribution in [0.25, 0.3) is 0 Å². The van der Waals surface area contributed by atoms with Crippen LogP contribution in [0.15, 0.2) is 24.4 Å². The number of aliphatic hydroxyl groups is 1. The van der Waals surface area contributed by atoms with Gasteiger partial charge in [0.2, 0.25) is 0 Å². The molecule has 0 unspecified atom stereocenters. The first-order valence-corrected chi connectivity index (χ1v) is 5.86. The monoisotopic (exact) mass is 250 g/mol. The van der Waals surface area contributed by atoms with Crippen molar-refractivity contribution in [2.24, 2.45) is 0 Å². The molecule has 4 heteroatoms. The summed E-state index contributed by atoms with van der Waals surface area (Å²) in [6, 6.07) is 5.65. The molecule has 0 bridgehead atoms. The van der Waals surface area contributed by atoms with E-state index in [2.05, 4.69) is 9.55 Å². The lowest BCUT2D eigenvalue weighted by Gasteiger charge is -2.10. The molecule has 0 fully saturated rings. The summed E-state index contributed by atoms with van der Waals surface area (Å²) in [5, 5.41) is 9.71. The molecule has 1 heterocycles. The first-order valence-electron chi connectivity index (χ1n) is 5.48. The van der Waals surface area contributed by atoms with Crippen LogP contribution in [0.1, 0.15) is 22.6 Å². The third kappa shape index (κ3) is 2.51. The molecule has 0 saturated carbocycles. The Kier molecular flexibility index (Phi) is 3.50. The molecular formula is C13H15ClN2O. The number of hydrogen-bond donors (Lipinski definition) is 1. The van der Waals surface area contributed by atoms with Crippen molar-refractivity contribution in [3.63, 3.8) is 0 Å². The summed E-state index contributed by atoms with van der Waals surface area (Å²) in [6.45, 7) is 4.73. The molecule has 0 radical (unpaired) electrons. The molecule has 0 aliphatic carbocycles. The van der Waals surface area contributed by atoms with Crippen molar-refractivity contribution in [1.82, 2.24) is 9.55 Å². The van der Waals surface area contributed by atoms with Gasteiger partial charge in [0.1, 0.15) is 5.82 Å². The van der Waals surface area contributed by atoms with Crippen molar-refractivity contribution >= 4 is 11.6 Å². The third-order valence-electron chi connectivity index (χ3n) is 2.88. The van der Waals surface area contributed by atoms with Gasteiger partial charge in [-0.05, 0) is 31.0 Å². The summed E-state index contributed by atoms with van der Waals surface area (Å²) in [4.78, 5) is 4.26. The van der Waals surface area contributed by atoms with E-state index >= 15 is 0 Å². The third-order valence-corrected chi connectivity index (χ3v) is 3.23. The smallest absolute Gasteiger partial charge is 0.106 e. The van der Waals surface area contributed by atoms with Crippen LogP contribution < -0.4 is 0 Å². The van der Waals surface area contributed by atoms with Crippen LogP contribution in [0.3, 0.4) is 0 Å². The summed E-state index contributed by atoms with van der Waals surface area (Å²) in [7, 11) is 0. The fraction of sp³-hybridized carbons (Fsp3) is 0.308. The zero-order valence-electron chi connectivity index (χ0n) is 9.94. The number of aliphatic hydroxyl groups excluding tert-OH is 1. The highest BCUT2D eigenvalue weighted by Crippen LogP contribution is 2.20. The van der Waals surface area contributed by atoms with E-state index < -0.39 is 0 Å². The topological polar surface area (TPSA) is 38.0 Å². The Morgan fingerprint density at radius 2 is 2.12 bits per heavy atom. The summed E-state index contributed by atoms with van der Waals surface area (Å²) >= 11 is 6.18. The molecule has 1 aromatic heterocycles. The van der Waals surface area contributed by atoms with Gasteiger partial charge < -0.3 is 9.67 Å². The van der Waals surface area contributed by atoms with E-state index in [9.17, 15) is 0 Å². The number of rotatable bonds is 3. The number of aryl methyl sites for hydroxylation is 2. The van der Waals surface area contributed by atoms with Crippen LogP contribution in [0.5, 0.6) is 0 Å². The second-order valence-electron chi connectivity index (χ2n) is 4.12. The van der Waals surface area contributed by atoms with Crippen molar-refractivity contribution in [2.75, 3.05) is 0 Å². The first-order chi connectivity index (χ1) is 8.11. The van der Waals surface area contributed by atoms with E-state index in [0.29, 0.717) is 11.6 Å². The van der Waals surface area contributed by atoms with Gasteiger partial charge in [0, 0.05) is 16.9 Å². The molecule has 3 nitrogen and oxygen atoms in total. The van der Waals surface area contributed by atoms with Gasteiger partial charge in [-0.2, -0.15) is 0 Å². The van der Waals surface area contributed by atoms with Crippen LogP contribution in [0.2, 0.25) is 5.02 Å². The van der Waals surface area contributed by atoms with Crippen molar-refractivity contribution < 1.29 is 5.11 Å². The predicted molar refractivity (Wildman–Crippen MR) is 68.2 cm³/mol. The van der Waals surface area contributed by atoms with Crippen molar-refractivity contribution in [2.45, 2.75) is 27.0 Å². The average molecular weight is 251 g/mol. The van der Waals surface area contributed by atoms with E-state index in [0.717, 1.165) is 22.6 Å². The molecule has 90 valence electrons. The molecule has 0 atom stereocenters. The number of hydrogen-bond acceptors (Lipinski definition) is 2. The highest BCUT2D eigenvalue weighted by atomic mass is 35.5. The van der Waals surface area contributed by atoms with Gasteiger partial charge >= 0.3 is 0 Å². The molecule has 2 rings (SSSR count). The minimum atomic E-state index is 0.0170. The van der Waals surface area contributed by atoms with Gasteiger partial charge in [0.25, 0.3) is 0 Å². The van der Waals surface area contributed by atoms with E-state index in [1.165, 1.54) is 0 Å². The fourth-order valence-electron chi connectivity index (χ4n) is 1.81. The Morgan fingerprint density at radius 3 is 2.65 bits per heavy atom. The zero-order chi connectivity index (χ0) is 12.4. The van der Waals surface area contributed by atoms with Crippen LogP contribution in [-0.4, -0.2) is 14.7 Å². The molecular weight excluding hydrogens is 236 g/mol. The van der Waals surface area contributed by atoms with E-state index in [1.807, 2.05) is 32.2 Å². The number of imidazole rings is 1. The maximum atomic E-state index is 9.02. The minimum absolute atomic E-state index is 0.0170. The second kappa shape index (κ2) is 4.90. The maximum absolute atomic E-state index is 9.02. The van der Waals surface area contributed by atoms with Crippen molar-refractivity contribution in [3.8, 4) is 0 Å². The summed E-state index contributed by atoms with van der Waals surface area (Å²) in [5.41, 5.74) is 2.98. The minimum Gasteiger partial charge on any atom is -0.392 e. The normalized spacial score (nSPS) is 10.8. The van der Waals surface area contributed by atoms with Gasteiger partial charge in [0.05, 0.1) is 13.2 Å². The van der Waals surface area contributed by atoms with Crippen LogP contribution in [0.4, 0.5) is 0 Å². The van der Waals surface area contributed by atoms with Crippen LogP contribution >= 0.6 is 11.6 Å². The molecule has 1 N–H and O–H groups in total. The lowest BCUT2D eigenvalue weighted by atomic mass is 10.1. The van der Waals surface area contributed by atoms with Gasteiger partial charge in [-0.25, -0.2) is 4.98 Å². The number of halogens is 1. The number of nitrogens with zero attached hydrogens (tertiary/aromatic N) is 2. The summed E-state index contributed by atoms with van der Waals surface area (Å²) in [5.74, 6) is 0.977. The molecule has 0 amide bonds. The number of aromatic nitrogens is 2. The Balaban J connectivity index is 2.30. The Hall–Kier alpha value is -1.32. The molecule has 17 heavy (non-hydrogen) atoms. The van der Waals surface area contributed by atoms with Crippen LogP contribution in [-0.2, 0) is 13.2 Å². The van der Waals surface area contributed by atoms with Gasteiger partial charge in [-0.1, -0.05) is 23.7 Å². The Labute approximate surface area is 106 Å². The van der Waals surface area contributed by atoms with E-state index in [4.69, 9.17) is 16.7 Å². The standard InChI is InChI=1S/C13H15ClN2O/c1-9-6-15-10(2)16(9)7-12-4-3-11(8-17)5-13(12)14/h3-6,17H,7-8H2,1-2H3. The van der Waals surface area contributed by atoms with Gasteiger partial charge in [-0.15, -0.1) is 0 Å². The fourth-order valence-corrected chi connectivity index (χ4v) is 2.07. The summed E-state index contributed by atoms with van der Waals surface area (Å²) < 4.78 is 2.11. The van der Waals surface area contributed by atoms with Gasteiger partial charge in [0.15, 0.2) is 0 Å². The van der Waals surface area contributed by atoms with E-state index in [-0.39, 0.29) is 6.61 Å². The van der Waals surface area contributed by atoms with Crippen LogP contribution in [0, 0.1) is 13.8 Å². The molecule has 2 aromatic rings. The van der Waals surface area contributed by atoms with E-state index in [1.54, 1.807) is 6.07 Å². The first kappa shape index (κ1) is 12.1. The van der Waals surface area contributed by atoms with Crippen molar-refractivity contribution in [3.05, 3.63) is 52.1 Å². The summed E-state index contributed by atoms with van der Waals surface area (Å²) in [6.07, 6.45) is 1.85. The molecule has 0 spiro atoms. The second-order valence-corrected chi connectivity index (χ2v) is 4.52. The maximum Gasteiger partial charge on any atom is 0.106 e. The Bertz CT molecular complexity index is 515. The van der Waals surface area contributed by atoms with Gasteiger partial charge in [-0.3, -0.25) is 0 Å². The predicted octanol–water partition coefficient (Wildman–Crippen LogP) is 2.69.